The van der Waals surface area contributed by atoms with Crippen LogP contribution in [0.3, 0.4) is 0 Å². The van der Waals surface area contributed by atoms with Gasteiger partial charge in [0.25, 0.3) is 0 Å². The first kappa shape index (κ1) is 28.8. The molecule has 0 saturated heterocycles. The molecule has 1 aliphatic heterocycles. The van der Waals surface area contributed by atoms with E-state index in [-0.39, 0.29) is 22.6 Å². The van der Waals surface area contributed by atoms with Gasteiger partial charge in [-0.25, -0.2) is 13.6 Å². The fraction of sp³-hybridized carbons (Fsp3) is 0.355. The normalized spacial score (nSPS) is 13.7. The van der Waals surface area contributed by atoms with Crippen molar-refractivity contribution in [3.05, 3.63) is 76.7 Å². The van der Waals surface area contributed by atoms with Gasteiger partial charge in [-0.15, -0.1) is 0 Å². The monoisotopic (exact) mass is 575 g/mol. The highest BCUT2D eigenvalue weighted by Crippen LogP contribution is 2.45. The smallest absolute Gasteiger partial charge is 0.239 e. The molecular weight excluding hydrogens is 538 g/mol. The SMILES string of the molecule is CCCCCc1nc(-c2c(N)c(CC(O)c3ccc4c(c3)CCN4)c(S(N)(=O)=O)c(-c3ccccc3)c2CC)no1. The summed E-state index contributed by atoms with van der Waals surface area (Å²) in [7, 11) is -4.28. The topological polar surface area (TPSA) is 157 Å². The second-order valence-electron chi connectivity index (χ2n) is 10.5. The van der Waals surface area contributed by atoms with Crippen LogP contribution in [0.5, 0.6) is 0 Å². The number of nitrogens with one attached hydrogen (secondary N) is 1. The van der Waals surface area contributed by atoms with Crippen LogP contribution in [0.1, 0.15) is 67.4 Å². The lowest BCUT2D eigenvalue weighted by Gasteiger charge is -2.24. The number of hydrogen-bond donors (Lipinski definition) is 4. The van der Waals surface area contributed by atoms with Crippen LogP contribution in [0.25, 0.3) is 22.5 Å². The molecule has 1 atom stereocenters. The summed E-state index contributed by atoms with van der Waals surface area (Å²) in [4.78, 5) is 4.57. The van der Waals surface area contributed by atoms with Gasteiger partial charge in [-0.05, 0) is 53.1 Å². The molecule has 1 unspecified atom stereocenters. The van der Waals surface area contributed by atoms with Gasteiger partial charge in [0.2, 0.25) is 21.7 Å². The number of unbranched alkanes of at least 4 members (excludes halogenated alkanes) is 2. The second kappa shape index (κ2) is 12.0. The second-order valence-corrected chi connectivity index (χ2v) is 12.0. The van der Waals surface area contributed by atoms with Crippen LogP contribution in [-0.2, 0) is 35.7 Å². The predicted molar refractivity (Wildman–Crippen MR) is 161 cm³/mol. The van der Waals surface area contributed by atoms with Crippen molar-refractivity contribution >= 4 is 21.4 Å². The number of aryl methyl sites for hydroxylation is 1. The molecule has 4 aromatic rings. The van der Waals surface area contributed by atoms with E-state index in [1.54, 1.807) is 0 Å². The molecule has 0 radical (unpaired) electrons. The summed E-state index contributed by atoms with van der Waals surface area (Å²) < 4.78 is 32.2. The van der Waals surface area contributed by atoms with Crippen LogP contribution in [0, 0.1) is 0 Å². The van der Waals surface area contributed by atoms with Crippen molar-refractivity contribution < 1.29 is 18.0 Å². The van der Waals surface area contributed by atoms with Crippen LogP contribution in [-0.4, -0.2) is 30.2 Å². The number of fused-ring (bicyclic) bond motifs is 1. The standard InChI is InChI=1S/C31H37N5O4S/c1-3-5-7-12-26-35-31(36-40-26)28-22(4-2)27(19-10-8-6-9-11-19)30(41(33,38)39)23(29(28)32)18-25(37)21-13-14-24-20(17-21)15-16-34-24/h6,8-11,13-14,17,25,34,37H,3-5,7,12,15-16,18,32H2,1-2H3,(H2,33,38,39). The van der Waals surface area contributed by atoms with Crippen LogP contribution in [0.15, 0.2) is 57.9 Å². The Morgan fingerprint density at radius 2 is 1.85 bits per heavy atom. The van der Waals surface area contributed by atoms with Crippen molar-refractivity contribution in [2.24, 2.45) is 5.14 Å². The number of sulfonamides is 1. The molecule has 0 aliphatic carbocycles. The van der Waals surface area contributed by atoms with E-state index in [0.717, 1.165) is 43.5 Å². The highest BCUT2D eigenvalue weighted by molar-refractivity contribution is 7.89. The third-order valence-electron chi connectivity index (χ3n) is 7.71. The van der Waals surface area contributed by atoms with Crippen molar-refractivity contribution in [2.75, 3.05) is 17.6 Å². The Morgan fingerprint density at radius 1 is 1.07 bits per heavy atom. The Kier molecular flexibility index (Phi) is 8.44. The summed E-state index contributed by atoms with van der Waals surface area (Å²) in [6, 6.07) is 14.9. The third kappa shape index (κ3) is 5.86. The van der Waals surface area contributed by atoms with Crippen LogP contribution in [0.2, 0.25) is 0 Å². The zero-order valence-corrected chi connectivity index (χ0v) is 24.3. The maximum Gasteiger partial charge on any atom is 0.239 e. The summed E-state index contributed by atoms with van der Waals surface area (Å²) in [6.45, 7) is 4.89. The minimum absolute atomic E-state index is 0.0676. The van der Waals surface area contributed by atoms with Crippen molar-refractivity contribution in [2.45, 2.75) is 69.8 Å². The number of aliphatic hydroxyl groups is 1. The number of anilines is 2. The molecule has 41 heavy (non-hydrogen) atoms. The summed E-state index contributed by atoms with van der Waals surface area (Å²) in [6.07, 6.45) is 3.87. The number of rotatable bonds is 11. The molecular formula is C31H37N5O4S. The minimum atomic E-state index is -4.28. The zero-order chi connectivity index (χ0) is 29.1. The molecule has 0 bridgehead atoms. The van der Waals surface area contributed by atoms with Gasteiger partial charge < -0.3 is 20.7 Å². The van der Waals surface area contributed by atoms with E-state index in [1.807, 2.05) is 55.5 Å². The first-order valence-electron chi connectivity index (χ1n) is 14.2. The van der Waals surface area contributed by atoms with Gasteiger partial charge in [0.1, 0.15) is 0 Å². The molecule has 216 valence electrons. The first-order chi connectivity index (χ1) is 19.7. The number of aromatic nitrogens is 2. The fourth-order valence-electron chi connectivity index (χ4n) is 5.71. The van der Waals surface area contributed by atoms with Crippen molar-refractivity contribution in [3.8, 4) is 22.5 Å². The highest BCUT2D eigenvalue weighted by atomic mass is 32.2. The molecule has 9 nitrogen and oxygen atoms in total. The van der Waals surface area contributed by atoms with E-state index in [0.29, 0.717) is 52.4 Å². The minimum Gasteiger partial charge on any atom is -0.398 e. The third-order valence-corrected chi connectivity index (χ3v) is 8.73. The number of benzene rings is 3. The number of aliphatic hydroxyl groups excluding tert-OH is 1. The number of nitrogens with two attached hydrogens (primary N) is 2. The molecule has 0 fully saturated rings. The summed E-state index contributed by atoms with van der Waals surface area (Å²) in [5.41, 5.74) is 12.3. The summed E-state index contributed by atoms with van der Waals surface area (Å²) >= 11 is 0. The van der Waals surface area contributed by atoms with Crippen molar-refractivity contribution in [3.63, 3.8) is 0 Å². The first-order valence-corrected chi connectivity index (χ1v) is 15.7. The van der Waals surface area contributed by atoms with E-state index >= 15 is 0 Å². The molecule has 0 saturated carbocycles. The van der Waals surface area contributed by atoms with Gasteiger partial charge in [0, 0.05) is 41.9 Å². The van der Waals surface area contributed by atoms with E-state index in [4.69, 9.17) is 15.4 Å². The Labute approximate surface area is 241 Å². The van der Waals surface area contributed by atoms with Gasteiger partial charge in [0.05, 0.1) is 11.0 Å². The molecule has 3 aromatic carbocycles. The highest BCUT2D eigenvalue weighted by Gasteiger charge is 2.32. The zero-order valence-electron chi connectivity index (χ0n) is 23.5. The van der Waals surface area contributed by atoms with Crippen molar-refractivity contribution in [1.29, 1.82) is 0 Å². The van der Waals surface area contributed by atoms with Gasteiger partial charge >= 0.3 is 0 Å². The predicted octanol–water partition coefficient (Wildman–Crippen LogP) is 5.17. The maximum absolute atomic E-state index is 13.3. The summed E-state index contributed by atoms with van der Waals surface area (Å²) in [5, 5.41) is 24.9. The van der Waals surface area contributed by atoms with Gasteiger partial charge in [-0.1, -0.05) is 74.3 Å². The molecule has 6 N–H and O–H groups in total. The van der Waals surface area contributed by atoms with E-state index < -0.39 is 16.1 Å². The lowest BCUT2D eigenvalue weighted by atomic mass is 9.87. The Bertz CT molecular complexity index is 1650. The van der Waals surface area contributed by atoms with Crippen LogP contribution < -0.4 is 16.2 Å². The quantitative estimate of drug-likeness (QED) is 0.141. The average Bonchev–Trinajstić information content (AvgIpc) is 3.62. The molecule has 2 heterocycles. The van der Waals surface area contributed by atoms with E-state index in [9.17, 15) is 13.5 Å². The van der Waals surface area contributed by atoms with Crippen LogP contribution >= 0.6 is 0 Å². The largest absolute Gasteiger partial charge is 0.398 e. The van der Waals surface area contributed by atoms with E-state index in [2.05, 4.69) is 22.4 Å². The molecule has 5 rings (SSSR count). The lowest BCUT2D eigenvalue weighted by molar-refractivity contribution is 0.178. The van der Waals surface area contributed by atoms with E-state index in [1.165, 1.54) is 0 Å². The Hall–Kier alpha value is -3.73. The Morgan fingerprint density at radius 3 is 2.56 bits per heavy atom. The number of nitrogens with zero attached hydrogens (tertiary/aromatic N) is 2. The van der Waals surface area contributed by atoms with Gasteiger partial charge in [-0.2, -0.15) is 4.98 Å². The number of primary sulfonamides is 1. The maximum atomic E-state index is 13.3. The van der Waals surface area contributed by atoms with Crippen molar-refractivity contribution in [1.82, 2.24) is 10.1 Å². The number of hydrogen-bond acceptors (Lipinski definition) is 8. The molecule has 1 aromatic heterocycles. The fourth-order valence-corrected chi connectivity index (χ4v) is 6.77. The van der Waals surface area contributed by atoms with Gasteiger partial charge in [-0.3, -0.25) is 0 Å². The lowest BCUT2D eigenvalue weighted by Crippen LogP contribution is -2.21. The number of nitrogen functional groups attached to an aromatic ring is 1. The molecule has 10 heteroatoms. The Balaban J connectivity index is 1.72. The van der Waals surface area contributed by atoms with Gasteiger partial charge in [0.15, 0.2) is 0 Å². The molecule has 0 amide bonds. The average molecular weight is 576 g/mol. The summed E-state index contributed by atoms with van der Waals surface area (Å²) in [5.74, 6) is 0.795. The molecule has 1 aliphatic rings. The molecule has 0 spiro atoms. The van der Waals surface area contributed by atoms with Crippen LogP contribution in [0.4, 0.5) is 11.4 Å².